The SMILES string of the molecule is CC1(C)Cc2cccc(OCC(=O)OCC(=O)Nc3ccccc3C(F)(F)F)c2O1. The fraction of sp³-hybridized carbons (Fsp3) is 0.333. The van der Waals surface area contributed by atoms with Gasteiger partial charge in [0, 0.05) is 12.0 Å². The third kappa shape index (κ3) is 5.22. The number of fused-ring (bicyclic) bond motifs is 1. The fourth-order valence-corrected chi connectivity index (χ4v) is 3.05. The number of hydrogen-bond donors (Lipinski definition) is 1. The van der Waals surface area contributed by atoms with E-state index in [2.05, 4.69) is 5.32 Å². The molecule has 0 saturated carbocycles. The van der Waals surface area contributed by atoms with Crippen molar-refractivity contribution in [2.24, 2.45) is 0 Å². The van der Waals surface area contributed by atoms with Gasteiger partial charge in [-0.25, -0.2) is 4.79 Å². The van der Waals surface area contributed by atoms with Crippen LogP contribution in [0.15, 0.2) is 42.5 Å². The predicted molar refractivity (Wildman–Crippen MR) is 101 cm³/mol. The lowest BCUT2D eigenvalue weighted by Crippen LogP contribution is -2.25. The lowest BCUT2D eigenvalue weighted by atomic mass is 10.0. The molecule has 2 aromatic rings. The van der Waals surface area contributed by atoms with E-state index in [9.17, 15) is 22.8 Å². The van der Waals surface area contributed by atoms with Gasteiger partial charge in [-0.3, -0.25) is 4.79 Å². The van der Waals surface area contributed by atoms with E-state index >= 15 is 0 Å². The summed E-state index contributed by atoms with van der Waals surface area (Å²) in [5.41, 5.74) is -0.836. The zero-order chi connectivity index (χ0) is 21.9. The van der Waals surface area contributed by atoms with E-state index in [1.165, 1.54) is 12.1 Å². The van der Waals surface area contributed by atoms with Crippen LogP contribution in [0.3, 0.4) is 0 Å². The summed E-state index contributed by atoms with van der Waals surface area (Å²) in [6.07, 6.45) is -3.93. The van der Waals surface area contributed by atoms with Crippen molar-refractivity contribution in [1.82, 2.24) is 0 Å². The zero-order valence-electron chi connectivity index (χ0n) is 16.3. The van der Waals surface area contributed by atoms with E-state index in [0.717, 1.165) is 17.7 Å². The van der Waals surface area contributed by atoms with Crippen LogP contribution in [-0.2, 0) is 26.9 Å². The molecule has 0 bridgehead atoms. The number of carbonyl (C=O) groups is 2. The number of rotatable bonds is 6. The number of ether oxygens (including phenoxy) is 3. The van der Waals surface area contributed by atoms with Gasteiger partial charge in [-0.05, 0) is 32.0 Å². The van der Waals surface area contributed by atoms with Crippen LogP contribution in [0.4, 0.5) is 18.9 Å². The Labute approximate surface area is 170 Å². The number of esters is 1. The first kappa shape index (κ1) is 21.5. The Hall–Kier alpha value is -3.23. The highest BCUT2D eigenvalue weighted by Gasteiger charge is 2.34. The molecule has 0 unspecified atom stereocenters. The molecule has 1 N–H and O–H groups in total. The van der Waals surface area contributed by atoms with Gasteiger partial charge in [0.05, 0.1) is 11.3 Å². The molecule has 0 spiro atoms. The van der Waals surface area contributed by atoms with E-state index in [1.807, 2.05) is 19.9 Å². The van der Waals surface area contributed by atoms with Gasteiger partial charge in [0.2, 0.25) is 0 Å². The van der Waals surface area contributed by atoms with Gasteiger partial charge in [0.15, 0.2) is 24.7 Å². The monoisotopic (exact) mass is 423 g/mol. The highest BCUT2D eigenvalue weighted by molar-refractivity contribution is 5.93. The maximum Gasteiger partial charge on any atom is 0.418 e. The van der Waals surface area contributed by atoms with Crippen molar-refractivity contribution in [3.8, 4) is 11.5 Å². The molecule has 30 heavy (non-hydrogen) atoms. The van der Waals surface area contributed by atoms with Crippen molar-refractivity contribution in [3.63, 3.8) is 0 Å². The molecule has 0 aromatic heterocycles. The Kier molecular flexibility index (Phi) is 5.91. The first-order chi connectivity index (χ1) is 14.0. The van der Waals surface area contributed by atoms with Gasteiger partial charge in [-0.15, -0.1) is 0 Å². The molecule has 1 amide bonds. The van der Waals surface area contributed by atoms with Crippen LogP contribution in [0.5, 0.6) is 11.5 Å². The standard InChI is InChI=1S/C21H20F3NO5/c1-20(2)10-13-6-5-9-16(19(13)30-20)28-12-18(27)29-11-17(26)25-15-8-4-3-7-14(15)21(22,23)24/h3-9H,10-12H2,1-2H3,(H,25,26). The topological polar surface area (TPSA) is 73.9 Å². The number of hydrogen-bond acceptors (Lipinski definition) is 5. The van der Waals surface area contributed by atoms with Gasteiger partial charge in [0.1, 0.15) is 5.60 Å². The van der Waals surface area contributed by atoms with Gasteiger partial charge in [-0.2, -0.15) is 13.2 Å². The average Bonchev–Trinajstić information content (AvgIpc) is 2.98. The van der Waals surface area contributed by atoms with Crippen molar-refractivity contribution in [2.45, 2.75) is 32.0 Å². The van der Waals surface area contributed by atoms with Gasteiger partial charge >= 0.3 is 12.1 Å². The summed E-state index contributed by atoms with van der Waals surface area (Å²) in [7, 11) is 0. The number of halogens is 3. The smallest absolute Gasteiger partial charge is 0.418 e. The first-order valence-electron chi connectivity index (χ1n) is 9.10. The van der Waals surface area contributed by atoms with Gasteiger partial charge < -0.3 is 19.5 Å². The molecule has 0 fully saturated rings. The minimum absolute atomic E-state index is 0.374. The average molecular weight is 423 g/mol. The summed E-state index contributed by atoms with van der Waals surface area (Å²) < 4.78 is 54.9. The normalized spacial score (nSPS) is 14.4. The summed E-state index contributed by atoms with van der Waals surface area (Å²) in [5, 5.41) is 2.09. The summed E-state index contributed by atoms with van der Waals surface area (Å²) >= 11 is 0. The second-order valence-electron chi connectivity index (χ2n) is 7.32. The molecular weight excluding hydrogens is 403 g/mol. The van der Waals surface area contributed by atoms with Crippen LogP contribution in [0.1, 0.15) is 25.0 Å². The number of benzene rings is 2. The molecule has 2 aromatic carbocycles. The Balaban J connectivity index is 1.51. The first-order valence-corrected chi connectivity index (χ1v) is 9.10. The summed E-state index contributed by atoms with van der Waals surface area (Å²) in [5.74, 6) is -0.815. The predicted octanol–water partition coefficient (Wildman–Crippen LogP) is 3.98. The number of anilines is 1. The van der Waals surface area contributed by atoms with Gasteiger partial charge in [-0.1, -0.05) is 24.3 Å². The molecule has 6 nitrogen and oxygen atoms in total. The minimum Gasteiger partial charge on any atom is -0.483 e. The molecule has 9 heteroatoms. The summed E-state index contributed by atoms with van der Waals surface area (Å²) in [6.45, 7) is 2.64. The summed E-state index contributed by atoms with van der Waals surface area (Å²) in [4.78, 5) is 23.8. The Morgan fingerprint density at radius 1 is 1.10 bits per heavy atom. The number of carbonyl (C=O) groups excluding carboxylic acids is 2. The molecule has 1 aliphatic rings. The number of alkyl halides is 3. The number of nitrogens with one attached hydrogen (secondary N) is 1. The second kappa shape index (κ2) is 8.25. The molecule has 1 aliphatic heterocycles. The minimum atomic E-state index is -4.62. The number of para-hydroxylation sites is 2. The van der Waals surface area contributed by atoms with E-state index in [4.69, 9.17) is 14.2 Å². The molecule has 1 heterocycles. The van der Waals surface area contributed by atoms with Crippen molar-refractivity contribution < 1.29 is 37.0 Å². The van der Waals surface area contributed by atoms with Crippen LogP contribution in [0, 0.1) is 0 Å². The largest absolute Gasteiger partial charge is 0.483 e. The fourth-order valence-electron chi connectivity index (χ4n) is 3.05. The molecular formula is C21H20F3NO5. The molecule has 3 rings (SSSR count). The van der Waals surface area contributed by atoms with E-state index in [1.54, 1.807) is 12.1 Å². The second-order valence-corrected chi connectivity index (χ2v) is 7.32. The Morgan fingerprint density at radius 3 is 2.57 bits per heavy atom. The zero-order valence-corrected chi connectivity index (χ0v) is 16.3. The third-order valence-electron chi connectivity index (χ3n) is 4.27. The quantitative estimate of drug-likeness (QED) is 0.712. The van der Waals surface area contributed by atoms with Crippen molar-refractivity contribution in [3.05, 3.63) is 53.6 Å². The van der Waals surface area contributed by atoms with Crippen molar-refractivity contribution in [2.75, 3.05) is 18.5 Å². The Bertz CT molecular complexity index is 956. The molecule has 160 valence electrons. The third-order valence-corrected chi connectivity index (χ3v) is 4.27. The lowest BCUT2D eigenvalue weighted by Gasteiger charge is -2.18. The number of amides is 1. The van der Waals surface area contributed by atoms with Crippen LogP contribution in [0.2, 0.25) is 0 Å². The van der Waals surface area contributed by atoms with E-state index in [0.29, 0.717) is 17.9 Å². The molecule has 0 aliphatic carbocycles. The highest BCUT2D eigenvalue weighted by Crippen LogP contribution is 2.41. The van der Waals surface area contributed by atoms with Crippen molar-refractivity contribution in [1.29, 1.82) is 0 Å². The van der Waals surface area contributed by atoms with Crippen LogP contribution >= 0.6 is 0 Å². The summed E-state index contributed by atoms with van der Waals surface area (Å²) in [6, 6.07) is 9.84. The van der Waals surface area contributed by atoms with Crippen LogP contribution in [0.25, 0.3) is 0 Å². The molecule has 0 radical (unpaired) electrons. The Morgan fingerprint density at radius 2 is 1.83 bits per heavy atom. The lowest BCUT2D eigenvalue weighted by molar-refractivity contribution is -0.149. The van der Waals surface area contributed by atoms with E-state index in [-0.39, 0.29) is 5.60 Å². The molecule has 0 atom stereocenters. The van der Waals surface area contributed by atoms with E-state index < -0.39 is 42.5 Å². The van der Waals surface area contributed by atoms with Crippen LogP contribution in [-0.4, -0.2) is 30.7 Å². The maximum atomic E-state index is 13.0. The maximum absolute atomic E-state index is 13.0. The van der Waals surface area contributed by atoms with Crippen LogP contribution < -0.4 is 14.8 Å². The molecule has 0 saturated heterocycles. The highest BCUT2D eigenvalue weighted by atomic mass is 19.4. The van der Waals surface area contributed by atoms with Gasteiger partial charge in [0.25, 0.3) is 5.91 Å². The van der Waals surface area contributed by atoms with Crippen molar-refractivity contribution >= 4 is 17.6 Å².